The average molecular weight is 210 g/mol. The second-order valence-corrected chi connectivity index (χ2v) is 5.31. The first-order valence-corrected chi connectivity index (χ1v) is 6.45. The number of aliphatic hydroxyl groups excluding tert-OH is 1. The molecule has 1 N–H and O–H groups in total. The third-order valence-electron chi connectivity index (χ3n) is 3.86. The zero-order chi connectivity index (χ0) is 11.3. The zero-order valence-electron chi connectivity index (χ0n) is 10.3. The Balaban J connectivity index is 2.36. The van der Waals surface area contributed by atoms with Gasteiger partial charge in [-0.15, -0.1) is 6.58 Å². The minimum absolute atomic E-state index is 0.0901. The van der Waals surface area contributed by atoms with Crippen molar-refractivity contribution < 1.29 is 5.11 Å². The van der Waals surface area contributed by atoms with Crippen molar-refractivity contribution in [1.82, 2.24) is 0 Å². The molecule has 0 radical (unpaired) electrons. The van der Waals surface area contributed by atoms with Crippen molar-refractivity contribution in [2.45, 2.75) is 58.5 Å². The van der Waals surface area contributed by atoms with Gasteiger partial charge in [-0.05, 0) is 37.0 Å². The maximum Gasteiger partial charge on any atom is 0.0594 e. The highest BCUT2D eigenvalue weighted by molar-refractivity contribution is 4.82. The molecule has 88 valence electrons. The minimum atomic E-state index is -0.0901. The highest BCUT2D eigenvalue weighted by Gasteiger charge is 2.26. The van der Waals surface area contributed by atoms with E-state index in [1.54, 1.807) is 0 Å². The Morgan fingerprint density at radius 1 is 1.27 bits per heavy atom. The van der Waals surface area contributed by atoms with Gasteiger partial charge >= 0.3 is 0 Å². The molecule has 0 aliphatic heterocycles. The van der Waals surface area contributed by atoms with E-state index in [0.29, 0.717) is 17.8 Å². The Morgan fingerprint density at radius 3 is 2.40 bits per heavy atom. The number of allylic oxidation sites excluding steroid dienone is 1. The quantitative estimate of drug-likeness (QED) is 0.685. The molecule has 3 unspecified atom stereocenters. The van der Waals surface area contributed by atoms with E-state index in [1.807, 2.05) is 6.08 Å². The molecule has 0 amide bonds. The van der Waals surface area contributed by atoms with Crippen molar-refractivity contribution in [3.63, 3.8) is 0 Å². The highest BCUT2D eigenvalue weighted by atomic mass is 16.3. The Labute approximate surface area is 94.6 Å². The van der Waals surface area contributed by atoms with E-state index in [4.69, 9.17) is 0 Å². The van der Waals surface area contributed by atoms with E-state index in [2.05, 4.69) is 20.4 Å². The molecule has 0 aromatic heterocycles. The maximum absolute atomic E-state index is 10.3. The van der Waals surface area contributed by atoms with Crippen LogP contribution in [-0.2, 0) is 0 Å². The molecule has 1 fully saturated rings. The molecule has 1 saturated carbocycles. The standard InChI is InChI=1S/C14H26O/c1-4-11(2)10-12(3)14(15)13-8-6-5-7-9-13/h4,11-15H,1,5-10H2,2-3H3. The molecular formula is C14H26O. The molecule has 1 rings (SSSR count). The number of rotatable bonds is 5. The van der Waals surface area contributed by atoms with Crippen LogP contribution in [0.4, 0.5) is 0 Å². The lowest BCUT2D eigenvalue weighted by atomic mass is 9.78. The first kappa shape index (κ1) is 12.8. The van der Waals surface area contributed by atoms with Crippen LogP contribution in [0.15, 0.2) is 12.7 Å². The Morgan fingerprint density at radius 2 is 1.87 bits per heavy atom. The van der Waals surface area contributed by atoms with Gasteiger partial charge in [0.15, 0.2) is 0 Å². The van der Waals surface area contributed by atoms with Gasteiger partial charge in [-0.25, -0.2) is 0 Å². The van der Waals surface area contributed by atoms with Gasteiger partial charge in [0.1, 0.15) is 0 Å². The molecule has 0 heterocycles. The van der Waals surface area contributed by atoms with Crippen LogP contribution in [0.2, 0.25) is 0 Å². The molecule has 0 bridgehead atoms. The molecule has 1 nitrogen and oxygen atoms in total. The van der Waals surface area contributed by atoms with E-state index in [1.165, 1.54) is 32.1 Å². The van der Waals surface area contributed by atoms with Crippen LogP contribution >= 0.6 is 0 Å². The molecule has 1 aliphatic carbocycles. The van der Waals surface area contributed by atoms with Crippen LogP contribution < -0.4 is 0 Å². The Hall–Kier alpha value is -0.300. The van der Waals surface area contributed by atoms with E-state index in [9.17, 15) is 5.11 Å². The molecule has 1 aliphatic rings. The fourth-order valence-corrected chi connectivity index (χ4v) is 2.76. The largest absolute Gasteiger partial charge is 0.393 e. The molecule has 15 heavy (non-hydrogen) atoms. The first-order chi connectivity index (χ1) is 7.15. The number of hydrogen-bond acceptors (Lipinski definition) is 1. The molecular weight excluding hydrogens is 184 g/mol. The SMILES string of the molecule is C=CC(C)CC(C)C(O)C1CCCCC1. The van der Waals surface area contributed by atoms with Crippen molar-refractivity contribution in [1.29, 1.82) is 0 Å². The van der Waals surface area contributed by atoms with Crippen LogP contribution in [-0.4, -0.2) is 11.2 Å². The summed E-state index contributed by atoms with van der Waals surface area (Å²) >= 11 is 0. The van der Waals surface area contributed by atoms with Gasteiger partial charge < -0.3 is 5.11 Å². The summed E-state index contributed by atoms with van der Waals surface area (Å²) in [6.45, 7) is 8.16. The molecule has 0 aromatic rings. The summed E-state index contributed by atoms with van der Waals surface area (Å²) in [6, 6.07) is 0. The van der Waals surface area contributed by atoms with Gasteiger partial charge in [0.05, 0.1) is 6.10 Å². The van der Waals surface area contributed by atoms with Crippen LogP contribution in [0.25, 0.3) is 0 Å². The molecule has 1 heteroatoms. The lowest BCUT2D eigenvalue weighted by molar-refractivity contribution is 0.0335. The minimum Gasteiger partial charge on any atom is -0.393 e. The summed E-state index contributed by atoms with van der Waals surface area (Å²) < 4.78 is 0. The summed E-state index contributed by atoms with van der Waals surface area (Å²) in [5, 5.41) is 10.3. The van der Waals surface area contributed by atoms with Crippen LogP contribution in [0.5, 0.6) is 0 Å². The van der Waals surface area contributed by atoms with Crippen LogP contribution in [0.3, 0.4) is 0 Å². The summed E-state index contributed by atoms with van der Waals surface area (Å²) in [7, 11) is 0. The van der Waals surface area contributed by atoms with E-state index in [-0.39, 0.29) is 6.10 Å². The van der Waals surface area contributed by atoms with Gasteiger partial charge in [-0.3, -0.25) is 0 Å². The molecule has 3 atom stereocenters. The number of hydrogen-bond donors (Lipinski definition) is 1. The smallest absolute Gasteiger partial charge is 0.0594 e. The second-order valence-electron chi connectivity index (χ2n) is 5.31. The highest BCUT2D eigenvalue weighted by Crippen LogP contribution is 2.31. The fraction of sp³-hybridized carbons (Fsp3) is 0.857. The summed E-state index contributed by atoms with van der Waals surface area (Å²) in [5.41, 5.74) is 0. The fourth-order valence-electron chi connectivity index (χ4n) is 2.76. The van der Waals surface area contributed by atoms with E-state index in [0.717, 1.165) is 6.42 Å². The van der Waals surface area contributed by atoms with Gasteiger partial charge in [-0.1, -0.05) is 39.2 Å². The predicted molar refractivity (Wildman–Crippen MR) is 65.7 cm³/mol. The summed E-state index contributed by atoms with van der Waals surface area (Å²) in [5.74, 6) is 1.50. The van der Waals surface area contributed by atoms with Gasteiger partial charge in [0, 0.05) is 0 Å². The lowest BCUT2D eigenvalue weighted by Crippen LogP contribution is -2.30. The monoisotopic (exact) mass is 210 g/mol. The lowest BCUT2D eigenvalue weighted by Gasteiger charge is -2.31. The Kier molecular flexibility index (Phi) is 5.38. The van der Waals surface area contributed by atoms with Crippen molar-refractivity contribution in [2.24, 2.45) is 17.8 Å². The van der Waals surface area contributed by atoms with E-state index < -0.39 is 0 Å². The van der Waals surface area contributed by atoms with Crippen LogP contribution in [0.1, 0.15) is 52.4 Å². The van der Waals surface area contributed by atoms with Gasteiger partial charge in [0.2, 0.25) is 0 Å². The third-order valence-corrected chi connectivity index (χ3v) is 3.86. The zero-order valence-corrected chi connectivity index (χ0v) is 10.3. The molecule has 0 saturated heterocycles. The maximum atomic E-state index is 10.3. The van der Waals surface area contributed by atoms with Crippen molar-refractivity contribution in [3.8, 4) is 0 Å². The average Bonchev–Trinajstić information content (AvgIpc) is 2.29. The van der Waals surface area contributed by atoms with Crippen LogP contribution in [0, 0.1) is 17.8 Å². The first-order valence-electron chi connectivity index (χ1n) is 6.45. The van der Waals surface area contributed by atoms with E-state index >= 15 is 0 Å². The van der Waals surface area contributed by atoms with Gasteiger partial charge in [-0.2, -0.15) is 0 Å². The second kappa shape index (κ2) is 6.32. The normalized spacial score (nSPS) is 24.5. The van der Waals surface area contributed by atoms with Crippen molar-refractivity contribution >= 4 is 0 Å². The topological polar surface area (TPSA) is 20.2 Å². The van der Waals surface area contributed by atoms with Crippen molar-refractivity contribution in [2.75, 3.05) is 0 Å². The number of aliphatic hydroxyl groups is 1. The summed E-state index contributed by atoms with van der Waals surface area (Å²) in [6.07, 6.45) is 9.41. The molecule has 0 spiro atoms. The van der Waals surface area contributed by atoms with Gasteiger partial charge in [0.25, 0.3) is 0 Å². The third kappa shape index (κ3) is 3.98. The summed E-state index contributed by atoms with van der Waals surface area (Å²) in [4.78, 5) is 0. The molecule has 0 aromatic carbocycles. The Bertz CT molecular complexity index is 182. The predicted octanol–water partition coefficient (Wildman–Crippen LogP) is 3.78. The van der Waals surface area contributed by atoms with Crippen molar-refractivity contribution in [3.05, 3.63) is 12.7 Å².